The molecular formula is C21H26N2O5. The highest BCUT2D eigenvalue weighted by atomic mass is 16.5. The van der Waals surface area contributed by atoms with Gasteiger partial charge in [-0.1, -0.05) is 43.3 Å². The van der Waals surface area contributed by atoms with Crippen LogP contribution in [-0.4, -0.2) is 41.3 Å². The van der Waals surface area contributed by atoms with Gasteiger partial charge in [0.05, 0.1) is 7.11 Å². The fourth-order valence-electron chi connectivity index (χ4n) is 2.93. The maximum Gasteiger partial charge on any atom is 0.322 e. The van der Waals surface area contributed by atoms with Gasteiger partial charge in [0, 0.05) is 6.42 Å². The minimum absolute atomic E-state index is 0.215. The zero-order chi connectivity index (χ0) is 20.5. The molecular weight excluding hydrogens is 360 g/mol. The molecule has 0 aliphatic rings. The largest absolute Gasteiger partial charge is 0.497 e. The number of methoxy groups -OCH3 is 1. The average molecular weight is 386 g/mol. The van der Waals surface area contributed by atoms with Gasteiger partial charge in [0.2, 0.25) is 0 Å². The third-order valence-corrected chi connectivity index (χ3v) is 4.53. The lowest BCUT2D eigenvalue weighted by Gasteiger charge is -2.21. The van der Waals surface area contributed by atoms with Gasteiger partial charge in [-0.25, -0.2) is 10.9 Å². The summed E-state index contributed by atoms with van der Waals surface area (Å²) in [7, 11) is 1.58. The number of carboxylic acid groups (broad SMARTS) is 2. The number of aliphatic carboxylic acids is 2. The summed E-state index contributed by atoms with van der Waals surface area (Å²) in [5.74, 6) is -1.40. The Kier molecular flexibility index (Phi) is 7.98. The van der Waals surface area contributed by atoms with Crippen molar-refractivity contribution in [3.63, 3.8) is 0 Å². The molecule has 0 aliphatic heterocycles. The third-order valence-electron chi connectivity index (χ3n) is 4.53. The smallest absolute Gasteiger partial charge is 0.322 e. The first-order valence-electron chi connectivity index (χ1n) is 9.11. The number of nitrogens with one attached hydrogen (secondary N) is 2. The lowest BCUT2D eigenvalue weighted by Crippen LogP contribution is -2.54. The highest BCUT2D eigenvalue weighted by Gasteiger charge is 2.23. The van der Waals surface area contributed by atoms with Crippen LogP contribution in [0.4, 0.5) is 0 Å². The minimum Gasteiger partial charge on any atom is -0.497 e. The molecule has 7 nitrogen and oxygen atoms in total. The van der Waals surface area contributed by atoms with Crippen LogP contribution in [0.3, 0.4) is 0 Å². The Labute approximate surface area is 164 Å². The summed E-state index contributed by atoms with van der Waals surface area (Å²) in [5.41, 5.74) is 8.08. The summed E-state index contributed by atoms with van der Waals surface area (Å²) in [5, 5.41) is 19.0. The van der Waals surface area contributed by atoms with Crippen LogP contribution in [0.1, 0.15) is 23.6 Å². The number of carbonyl (C=O) groups is 2. The second-order valence-corrected chi connectivity index (χ2v) is 6.45. The zero-order valence-corrected chi connectivity index (χ0v) is 16.0. The molecule has 0 spiro atoms. The number of hydrazine groups is 1. The van der Waals surface area contributed by atoms with Crippen LogP contribution >= 0.6 is 0 Å². The Balaban J connectivity index is 2.07. The van der Waals surface area contributed by atoms with Gasteiger partial charge in [-0.3, -0.25) is 9.59 Å². The van der Waals surface area contributed by atoms with Crippen molar-refractivity contribution >= 4 is 11.9 Å². The molecule has 0 unspecified atom stereocenters. The Morgan fingerprint density at radius 3 is 2.07 bits per heavy atom. The standard InChI is InChI=1S/C21H26N2O5/c1-3-15-12-17(28-2)10-9-16(15)13-19(21(26)27)23-22-18(20(24)25)11-14-7-5-4-6-8-14/h4-10,12,18-19,22-23H,3,11,13H2,1-2H3,(H,24,25)(H,26,27)/t18-,19-/m0/s1. The number of hydrogen-bond donors (Lipinski definition) is 4. The van der Waals surface area contributed by atoms with Crippen LogP contribution in [0.25, 0.3) is 0 Å². The maximum atomic E-state index is 11.7. The van der Waals surface area contributed by atoms with Crippen molar-refractivity contribution in [2.24, 2.45) is 0 Å². The second kappa shape index (κ2) is 10.4. The van der Waals surface area contributed by atoms with Crippen molar-refractivity contribution < 1.29 is 24.5 Å². The molecule has 150 valence electrons. The molecule has 7 heteroatoms. The van der Waals surface area contributed by atoms with Gasteiger partial charge >= 0.3 is 11.9 Å². The van der Waals surface area contributed by atoms with E-state index in [2.05, 4.69) is 10.9 Å². The van der Waals surface area contributed by atoms with Crippen molar-refractivity contribution in [3.05, 3.63) is 65.2 Å². The first-order valence-corrected chi connectivity index (χ1v) is 9.11. The Morgan fingerprint density at radius 2 is 1.54 bits per heavy atom. The molecule has 0 bridgehead atoms. The molecule has 0 heterocycles. The first-order chi connectivity index (χ1) is 13.4. The molecule has 0 saturated carbocycles. The van der Waals surface area contributed by atoms with E-state index in [4.69, 9.17) is 4.74 Å². The van der Waals surface area contributed by atoms with Crippen LogP contribution < -0.4 is 15.6 Å². The van der Waals surface area contributed by atoms with Crippen LogP contribution in [0.5, 0.6) is 5.75 Å². The molecule has 28 heavy (non-hydrogen) atoms. The van der Waals surface area contributed by atoms with E-state index in [1.165, 1.54) is 0 Å². The van der Waals surface area contributed by atoms with Gasteiger partial charge in [-0.15, -0.1) is 0 Å². The second-order valence-electron chi connectivity index (χ2n) is 6.45. The van der Waals surface area contributed by atoms with Gasteiger partial charge in [-0.05, 0) is 41.7 Å². The van der Waals surface area contributed by atoms with E-state index in [9.17, 15) is 19.8 Å². The predicted octanol–water partition coefficient (Wildman–Crippen LogP) is 2.04. The van der Waals surface area contributed by atoms with E-state index in [1.807, 2.05) is 49.4 Å². The normalized spacial score (nSPS) is 12.9. The molecule has 4 N–H and O–H groups in total. The number of ether oxygens (including phenoxy) is 1. The van der Waals surface area contributed by atoms with Crippen molar-refractivity contribution in [2.75, 3.05) is 7.11 Å². The van der Waals surface area contributed by atoms with Crippen molar-refractivity contribution in [1.82, 2.24) is 10.9 Å². The fraction of sp³-hybridized carbons (Fsp3) is 0.333. The fourth-order valence-corrected chi connectivity index (χ4v) is 2.93. The maximum absolute atomic E-state index is 11.7. The average Bonchev–Trinajstić information content (AvgIpc) is 2.70. The Hall–Kier alpha value is -2.90. The van der Waals surface area contributed by atoms with Crippen molar-refractivity contribution in [2.45, 2.75) is 38.3 Å². The van der Waals surface area contributed by atoms with E-state index in [-0.39, 0.29) is 12.8 Å². The van der Waals surface area contributed by atoms with Crippen molar-refractivity contribution in [3.8, 4) is 5.75 Å². The summed E-state index contributed by atoms with van der Waals surface area (Å²) in [4.78, 5) is 23.2. The van der Waals surface area contributed by atoms with Crippen LogP contribution in [0, 0.1) is 0 Å². The quantitative estimate of drug-likeness (QED) is 0.438. The van der Waals surface area contributed by atoms with Gasteiger partial charge in [0.15, 0.2) is 0 Å². The van der Waals surface area contributed by atoms with E-state index < -0.39 is 24.0 Å². The monoisotopic (exact) mass is 386 g/mol. The first kappa shape index (κ1) is 21.4. The van der Waals surface area contributed by atoms with E-state index in [0.29, 0.717) is 5.75 Å². The molecule has 2 atom stereocenters. The van der Waals surface area contributed by atoms with Crippen LogP contribution in [0.15, 0.2) is 48.5 Å². The molecule has 0 fully saturated rings. The highest BCUT2D eigenvalue weighted by Crippen LogP contribution is 2.19. The SMILES string of the molecule is CCc1cc(OC)ccc1C[C@H](NN[C@@H](Cc1ccccc1)C(=O)O)C(=O)O. The lowest BCUT2D eigenvalue weighted by atomic mass is 9.98. The minimum atomic E-state index is -1.06. The molecule has 2 aromatic rings. The predicted molar refractivity (Wildman–Crippen MR) is 105 cm³/mol. The molecule has 0 saturated heterocycles. The number of aryl methyl sites for hydroxylation is 1. The van der Waals surface area contributed by atoms with Gasteiger partial charge < -0.3 is 14.9 Å². The number of hydrogen-bond acceptors (Lipinski definition) is 5. The molecule has 2 rings (SSSR count). The number of benzene rings is 2. The van der Waals surface area contributed by atoms with E-state index in [1.54, 1.807) is 13.2 Å². The number of rotatable bonds is 11. The number of carboxylic acids is 2. The molecule has 0 aromatic heterocycles. The molecule has 0 aliphatic carbocycles. The van der Waals surface area contributed by atoms with Gasteiger partial charge in [0.25, 0.3) is 0 Å². The Bertz CT molecular complexity index is 795. The molecule has 0 radical (unpaired) electrons. The lowest BCUT2D eigenvalue weighted by molar-refractivity contribution is -0.143. The third kappa shape index (κ3) is 6.07. The molecule has 0 amide bonds. The van der Waals surface area contributed by atoms with E-state index >= 15 is 0 Å². The van der Waals surface area contributed by atoms with E-state index in [0.717, 1.165) is 23.1 Å². The van der Waals surface area contributed by atoms with Crippen LogP contribution in [0.2, 0.25) is 0 Å². The van der Waals surface area contributed by atoms with Gasteiger partial charge in [0.1, 0.15) is 17.8 Å². The highest BCUT2D eigenvalue weighted by molar-refractivity contribution is 5.75. The topological polar surface area (TPSA) is 108 Å². The summed E-state index contributed by atoms with van der Waals surface area (Å²) in [6, 6.07) is 12.8. The van der Waals surface area contributed by atoms with Gasteiger partial charge in [-0.2, -0.15) is 0 Å². The summed E-state index contributed by atoms with van der Waals surface area (Å²) < 4.78 is 5.22. The summed E-state index contributed by atoms with van der Waals surface area (Å²) in [6.45, 7) is 1.99. The zero-order valence-electron chi connectivity index (χ0n) is 16.0. The summed E-state index contributed by atoms with van der Waals surface area (Å²) >= 11 is 0. The summed E-state index contributed by atoms with van der Waals surface area (Å²) in [6.07, 6.45) is 1.18. The Morgan fingerprint density at radius 1 is 0.929 bits per heavy atom. The van der Waals surface area contributed by atoms with Crippen molar-refractivity contribution in [1.29, 1.82) is 0 Å². The molecule has 2 aromatic carbocycles. The van der Waals surface area contributed by atoms with Crippen LogP contribution in [-0.2, 0) is 28.9 Å².